The molecule has 15 heavy (non-hydrogen) atoms. The van der Waals surface area contributed by atoms with Crippen molar-refractivity contribution in [1.82, 2.24) is 19.3 Å². The maximum atomic E-state index is 12.6. The van der Waals surface area contributed by atoms with Gasteiger partial charge in [-0.2, -0.15) is 0 Å². The fourth-order valence-electron chi connectivity index (χ4n) is 1.44. The molecular formula is C8H12N5OP. The number of nitrogens with zero attached hydrogens (tertiary/aromatic N) is 4. The zero-order valence-electron chi connectivity index (χ0n) is 8.20. The molecule has 0 bridgehead atoms. The van der Waals surface area contributed by atoms with Gasteiger partial charge in [0.05, 0.1) is 0 Å². The maximum Gasteiger partial charge on any atom is 0.311 e. The van der Waals surface area contributed by atoms with Gasteiger partial charge in [0.15, 0.2) is 0 Å². The van der Waals surface area contributed by atoms with E-state index in [1.807, 2.05) is 9.34 Å². The Kier molecular flexibility index (Phi) is 2.02. The summed E-state index contributed by atoms with van der Waals surface area (Å²) in [4.78, 5) is 8.07. The van der Waals surface area contributed by atoms with E-state index < -0.39 is 7.59 Å². The maximum absolute atomic E-state index is 12.6. The highest BCUT2D eigenvalue weighted by Crippen LogP contribution is 2.58. The average Bonchev–Trinajstić information content (AvgIpc) is 3.09. The summed E-state index contributed by atoms with van der Waals surface area (Å²) >= 11 is 0. The van der Waals surface area contributed by atoms with Gasteiger partial charge in [0, 0.05) is 38.6 Å². The molecule has 3 rings (SSSR count). The fourth-order valence-corrected chi connectivity index (χ4v) is 3.72. The number of hydrogen-bond acceptors (Lipinski definition) is 3. The van der Waals surface area contributed by atoms with Gasteiger partial charge in [0.1, 0.15) is 0 Å². The lowest BCUT2D eigenvalue weighted by Crippen LogP contribution is -2.13. The average molecular weight is 225 g/mol. The third-order valence-corrected chi connectivity index (χ3v) is 5.25. The van der Waals surface area contributed by atoms with Gasteiger partial charge in [-0.25, -0.2) is 19.3 Å². The Morgan fingerprint density at radius 1 is 1.13 bits per heavy atom. The Morgan fingerprint density at radius 3 is 2.13 bits per heavy atom. The van der Waals surface area contributed by atoms with Gasteiger partial charge in [0.2, 0.25) is 5.95 Å². The number of aromatic nitrogens is 2. The van der Waals surface area contributed by atoms with Crippen molar-refractivity contribution in [3.05, 3.63) is 18.5 Å². The van der Waals surface area contributed by atoms with E-state index in [0.717, 1.165) is 26.2 Å². The molecule has 1 N–H and O–H groups in total. The largest absolute Gasteiger partial charge is 0.311 e. The van der Waals surface area contributed by atoms with Gasteiger partial charge in [-0.1, -0.05) is 0 Å². The molecule has 7 heteroatoms. The second kappa shape index (κ2) is 3.27. The van der Waals surface area contributed by atoms with Crippen LogP contribution in [0.15, 0.2) is 18.5 Å². The Bertz CT molecular complexity index is 387. The Balaban J connectivity index is 1.82. The molecule has 6 nitrogen and oxygen atoms in total. The summed E-state index contributed by atoms with van der Waals surface area (Å²) in [5.41, 5.74) is 0. The molecule has 0 atom stereocenters. The molecule has 0 unspecified atom stereocenters. The van der Waals surface area contributed by atoms with Crippen LogP contribution in [0.4, 0.5) is 5.95 Å². The smallest absolute Gasteiger partial charge is 0.281 e. The lowest BCUT2D eigenvalue weighted by Gasteiger charge is -2.20. The number of nitrogens with one attached hydrogen (secondary N) is 1. The van der Waals surface area contributed by atoms with E-state index in [1.165, 1.54) is 0 Å². The lowest BCUT2D eigenvalue weighted by molar-refractivity contribution is 0.523. The molecule has 1 aromatic heterocycles. The highest BCUT2D eigenvalue weighted by atomic mass is 31.2. The molecule has 2 aliphatic heterocycles. The SMILES string of the molecule is O=P(Nc1ncccn1)(N1CC1)N1CC1. The van der Waals surface area contributed by atoms with E-state index in [0.29, 0.717) is 5.95 Å². The Labute approximate surface area is 87.8 Å². The zero-order valence-corrected chi connectivity index (χ0v) is 9.10. The first kappa shape index (κ1) is 9.27. The third kappa shape index (κ3) is 1.76. The van der Waals surface area contributed by atoms with Crippen LogP contribution in [-0.4, -0.2) is 45.5 Å². The molecule has 3 heterocycles. The Hall–Kier alpha value is -0.970. The van der Waals surface area contributed by atoms with Crippen LogP contribution >= 0.6 is 7.59 Å². The summed E-state index contributed by atoms with van der Waals surface area (Å²) in [5.74, 6) is 0.444. The van der Waals surface area contributed by atoms with Crippen molar-refractivity contribution in [2.75, 3.05) is 31.3 Å². The molecule has 2 fully saturated rings. The monoisotopic (exact) mass is 225 g/mol. The molecule has 1 aromatic rings. The van der Waals surface area contributed by atoms with Gasteiger partial charge >= 0.3 is 7.59 Å². The molecule has 0 saturated carbocycles. The highest BCUT2D eigenvalue weighted by Gasteiger charge is 2.48. The molecule has 0 amide bonds. The second-order valence-electron chi connectivity index (χ2n) is 3.64. The summed E-state index contributed by atoms with van der Waals surface area (Å²) in [6.45, 7) is 3.59. The van der Waals surface area contributed by atoms with E-state index >= 15 is 0 Å². The van der Waals surface area contributed by atoms with E-state index in [9.17, 15) is 4.57 Å². The molecular weight excluding hydrogens is 213 g/mol. The van der Waals surface area contributed by atoms with E-state index in [4.69, 9.17) is 0 Å². The predicted octanol–water partition coefficient (Wildman–Crippen LogP) is 0.628. The van der Waals surface area contributed by atoms with Crippen LogP contribution in [-0.2, 0) is 4.57 Å². The van der Waals surface area contributed by atoms with Crippen LogP contribution in [0.5, 0.6) is 0 Å². The molecule has 0 aliphatic carbocycles. The lowest BCUT2D eigenvalue weighted by atomic mass is 10.7. The minimum absolute atomic E-state index is 0.444. The van der Waals surface area contributed by atoms with Crippen molar-refractivity contribution in [3.8, 4) is 0 Å². The van der Waals surface area contributed by atoms with Gasteiger partial charge in [0.25, 0.3) is 0 Å². The first-order valence-electron chi connectivity index (χ1n) is 4.95. The van der Waals surface area contributed by atoms with Crippen molar-refractivity contribution in [3.63, 3.8) is 0 Å². The van der Waals surface area contributed by atoms with Crippen LogP contribution in [0.3, 0.4) is 0 Å². The number of anilines is 1. The van der Waals surface area contributed by atoms with Crippen molar-refractivity contribution < 1.29 is 4.57 Å². The molecule has 2 saturated heterocycles. The van der Waals surface area contributed by atoms with Gasteiger partial charge in [-0.05, 0) is 6.07 Å². The summed E-state index contributed by atoms with van der Waals surface area (Å²) in [7, 11) is -2.57. The molecule has 0 radical (unpaired) electrons. The highest BCUT2D eigenvalue weighted by molar-refractivity contribution is 7.61. The van der Waals surface area contributed by atoms with E-state index in [1.54, 1.807) is 18.5 Å². The standard InChI is InChI=1S/C8H12N5OP/c14-15(12-4-5-12,13-6-7-13)11-8-9-2-1-3-10-8/h1-3H,4-7H2,(H,9,10,11,14). The van der Waals surface area contributed by atoms with Gasteiger partial charge in [-0.3, -0.25) is 9.65 Å². The minimum atomic E-state index is -2.57. The second-order valence-corrected chi connectivity index (χ2v) is 6.08. The van der Waals surface area contributed by atoms with Crippen LogP contribution in [0, 0.1) is 0 Å². The number of hydrogen-bond donors (Lipinski definition) is 1. The third-order valence-electron chi connectivity index (χ3n) is 2.43. The predicted molar refractivity (Wildman–Crippen MR) is 56.4 cm³/mol. The van der Waals surface area contributed by atoms with Crippen molar-refractivity contribution >= 4 is 13.5 Å². The van der Waals surface area contributed by atoms with Crippen molar-refractivity contribution in [2.24, 2.45) is 0 Å². The fraction of sp³-hybridized carbons (Fsp3) is 0.500. The molecule has 80 valence electrons. The minimum Gasteiger partial charge on any atom is -0.281 e. The first-order valence-corrected chi connectivity index (χ1v) is 6.56. The van der Waals surface area contributed by atoms with E-state index in [2.05, 4.69) is 15.1 Å². The van der Waals surface area contributed by atoms with Crippen LogP contribution in [0.2, 0.25) is 0 Å². The summed E-state index contributed by atoms with van der Waals surface area (Å²) in [6, 6.07) is 1.74. The topological polar surface area (TPSA) is 60.9 Å². The normalized spacial score (nSPS) is 21.3. The van der Waals surface area contributed by atoms with Crippen LogP contribution < -0.4 is 5.09 Å². The van der Waals surface area contributed by atoms with E-state index in [-0.39, 0.29) is 0 Å². The zero-order chi connectivity index (χ0) is 10.3. The number of rotatable bonds is 4. The van der Waals surface area contributed by atoms with Crippen molar-refractivity contribution in [2.45, 2.75) is 0 Å². The van der Waals surface area contributed by atoms with Crippen molar-refractivity contribution in [1.29, 1.82) is 0 Å². The first-order chi connectivity index (χ1) is 7.29. The Morgan fingerprint density at radius 2 is 1.67 bits per heavy atom. The molecule has 2 aliphatic rings. The summed E-state index contributed by atoms with van der Waals surface area (Å²) in [6.07, 6.45) is 3.29. The molecule has 0 aromatic carbocycles. The van der Waals surface area contributed by atoms with Gasteiger partial charge in [-0.15, -0.1) is 0 Å². The molecule has 0 spiro atoms. The quantitative estimate of drug-likeness (QED) is 0.599. The summed E-state index contributed by atoms with van der Waals surface area (Å²) in [5, 5.41) is 2.96. The summed E-state index contributed by atoms with van der Waals surface area (Å²) < 4.78 is 16.4. The van der Waals surface area contributed by atoms with Crippen LogP contribution in [0.25, 0.3) is 0 Å². The van der Waals surface area contributed by atoms with Gasteiger partial charge < -0.3 is 0 Å². The van der Waals surface area contributed by atoms with Crippen LogP contribution in [0.1, 0.15) is 0 Å².